The standard InChI is InChI=1S/C11H10F3NO4/c1-19-5-9(16)15-8-4-6(11(12,13)14)2-3-7(8)10(17)18/h2-4H,5H2,1H3,(H,15,16)(H,17,18). The first kappa shape index (κ1) is 15.0. The molecule has 0 heterocycles. The molecule has 1 rings (SSSR count). The van der Waals surface area contributed by atoms with E-state index in [1.54, 1.807) is 0 Å². The van der Waals surface area contributed by atoms with Gasteiger partial charge in [-0.1, -0.05) is 0 Å². The van der Waals surface area contributed by atoms with Gasteiger partial charge in [-0.3, -0.25) is 4.79 Å². The van der Waals surface area contributed by atoms with E-state index in [0.29, 0.717) is 12.1 Å². The average molecular weight is 277 g/mol. The van der Waals surface area contributed by atoms with Crippen LogP contribution in [0.15, 0.2) is 18.2 Å². The zero-order chi connectivity index (χ0) is 14.6. The van der Waals surface area contributed by atoms with E-state index in [1.807, 2.05) is 0 Å². The Labute approximate surface area is 106 Å². The molecule has 1 aromatic carbocycles. The molecule has 104 valence electrons. The lowest BCUT2D eigenvalue weighted by Crippen LogP contribution is -2.20. The third-order valence-corrected chi connectivity index (χ3v) is 2.13. The van der Waals surface area contributed by atoms with E-state index in [9.17, 15) is 22.8 Å². The topological polar surface area (TPSA) is 75.6 Å². The Kier molecular flexibility index (Phi) is 4.49. The van der Waals surface area contributed by atoms with Gasteiger partial charge in [-0.05, 0) is 18.2 Å². The van der Waals surface area contributed by atoms with Crippen molar-refractivity contribution < 1.29 is 32.6 Å². The van der Waals surface area contributed by atoms with Gasteiger partial charge in [-0.15, -0.1) is 0 Å². The van der Waals surface area contributed by atoms with Gasteiger partial charge in [0.15, 0.2) is 0 Å². The monoisotopic (exact) mass is 277 g/mol. The molecule has 5 nitrogen and oxygen atoms in total. The van der Waals surface area contributed by atoms with E-state index in [2.05, 4.69) is 10.1 Å². The fraction of sp³-hybridized carbons (Fsp3) is 0.273. The Morgan fingerprint density at radius 2 is 2.00 bits per heavy atom. The van der Waals surface area contributed by atoms with Crippen LogP contribution in [0.3, 0.4) is 0 Å². The number of alkyl halides is 3. The van der Waals surface area contributed by atoms with E-state index in [4.69, 9.17) is 5.11 Å². The number of nitrogens with one attached hydrogen (secondary N) is 1. The normalized spacial score (nSPS) is 11.2. The Morgan fingerprint density at radius 1 is 1.37 bits per heavy atom. The van der Waals surface area contributed by atoms with Crippen LogP contribution in [-0.2, 0) is 15.7 Å². The molecule has 8 heteroatoms. The minimum Gasteiger partial charge on any atom is -0.478 e. The molecular formula is C11H10F3NO4. The summed E-state index contributed by atoms with van der Waals surface area (Å²) in [5, 5.41) is 10.9. The third kappa shape index (κ3) is 3.95. The summed E-state index contributed by atoms with van der Waals surface area (Å²) >= 11 is 0. The number of hydrogen-bond donors (Lipinski definition) is 2. The highest BCUT2D eigenvalue weighted by molar-refractivity contribution is 6.01. The summed E-state index contributed by atoms with van der Waals surface area (Å²) in [5.74, 6) is -2.19. The smallest absolute Gasteiger partial charge is 0.416 e. The molecule has 0 aromatic heterocycles. The van der Waals surface area contributed by atoms with Gasteiger partial charge in [0.2, 0.25) is 5.91 Å². The first-order valence-corrected chi connectivity index (χ1v) is 4.99. The number of amides is 1. The average Bonchev–Trinajstić information content (AvgIpc) is 2.27. The minimum atomic E-state index is -4.63. The van der Waals surface area contributed by atoms with Crippen molar-refractivity contribution >= 4 is 17.6 Å². The Bertz CT molecular complexity index is 499. The maximum absolute atomic E-state index is 12.5. The molecule has 0 saturated carbocycles. The number of rotatable bonds is 4. The number of ether oxygens (including phenoxy) is 1. The van der Waals surface area contributed by atoms with Crippen molar-refractivity contribution in [3.63, 3.8) is 0 Å². The highest BCUT2D eigenvalue weighted by atomic mass is 19.4. The number of hydrogen-bond acceptors (Lipinski definition) is 3. The second-order valence-electron chi connectivity index (χ2n) is 3.54. The number of anilines is 1. The Morgan fingerprint density at radius 3 is 2.47 bits per heavy atom. The predicted molar refractivity (Wildman–Crippen MR) is 58.9 cm³/mol. The SMILES string of the molecule is COCC(=O)Nc1cc(C(F)(F)F)ccc1C(=O)O. The lowest BCUT2D eigenvalue weighted by Gasteiger charge is -2.12. The number of benzene rings is 1. The summed E-state index contributed by atoms with van der Waals surface area (Å²) < 4.78 is 42.0. The molecule has 0 aliphatic rings. The van der Waals surface area contributed by atoms with Crippen LogP contribution in [-0.4, -0.2) is 30.7 Å². The highest BCUT2D eigenvalue weighted by Gasteiger charge is 2.31. The van der Waals surface area contributed by atoms with Crippen molar-refractivity contribution in [3.8, 4) is 0 Å². The molecule has 0 bridgehead atoms. The number of carboxylic acid groups (broad SMARTS) is 1. The summed E-state index contributed by atoms with van der Waals surface area (Å²) in [7, 11) is 1.23. The molecule has 0 fully saturated rings. The number of carboxylic acids is 1. The van der Waals surface area contributed by atoms with Crippen LogP contribution in [0.1, 0.15) is 15.9 Å². The van der Waals surface area contributed by atoms with Crippen LogP contribution in [0, 0.1) is 0 Å². The predicted octanol–water partition coefficient (Wildman–Crippen LogP) is 1.99. The second-order valence-corrected chi connectivity index (χ2v) is 3.54. The van der Waals surface area contributed by atoms with Crippen molar-refractivity contribution in [1.82, 2.24) is 0 Å². The highest BCUT2D eigenvalue weighted by Crippen LogP contribution is 2.32. The van der Waals surface area contributed by atoms with Crippen LogP contribution in [0.25, 0.3) is 0 Å². The molecule has 0 spiro atoms. The second kappa shape index (κ2) is 5.70. The van der Waals surface area contributed by atoms with E-state index >= 15 is 0 Å². The van der Waals surface area contributed by atoms with Gasteiger partial charge >= 0.3 is 12.1 Å². The molecular weight excluding hydrogens is 267 g/mol. The molecule has 0 radical (unpaired) electrons. The summed E-state index contributed by atoms with van der Waals surface area (Å²) in [4.78, 5) is 22.1. The van der Waals surface area contributed by atoms with Gasteiger partial charge in [0.1, 0.15) is 6.61 Å². The van der Waals surface area contributed by atoms with Gasteiger partial charge in [-0.25, -0.2) is 4.79 Å². The maximum Gasteiger partial charge on any atom is 0.416 e. The van der Waals surface area contributed by atoms with Crippen molar-refractivity contribution in [2.75, 3.05) is 19.0 Å². The van der Waals surface area contributed by atoms with Gasteiger partial charge in [-0.2, -0.15) is 13.2 Å². The fourth-order valence-electron chi connectivity index (χ4n) is 1.33. The number of carbonyl (C=O) groups excluding carboxylic acids is 1. The van der Waals surface area contributed by atoms with Crippen LogP contribution < -0.4 is 5.32 Å². The first-order chi connectivity index (χ1) is 8.75. The quantitative estimate of drug-likeness (QED) is 0.882. The minimum absolute atomic E-state index is 0.394. The number of methoxy groups -OCH3 is 1. The summed E-state index contributed by atoms with van der Waals surface area (Å²) in [6.07, 6.45) is -4.63. The maximum atomic E-state index is 12.5. The fourth-order valence-corrected chi connectivity index (χ4v) is 1.33. The molecule has 0 unspecified atom stereocenters. The van der Waals surface area contributed by atoms with E-state index in [-0.39, 0.29) is 0 Å². The Hall–Kier alpha value is -2.09. The van der Waals surface area contributed by atoms with Crippen molar-refractivity contribution in [1.29, 1.82) is 0 Å². The van der Waals surface area contributed by atoms with E-state index < -0.39 is 41.5 Å². The largest absolute Gasteiger partial charge is 0.478 e. The zero-order valence-electron chi connectivity index (χ0n) is 9.75. The molecule has 0 atom stereocenters. The van der Waals surface area contributed by atoms with Crippen LogP contribution in [0.4, 0.5) is 18.9 Å². The summed E-state index contributed by atoms with van der Waals surface area (Å²) in [5.41, 5.74) is -1.91. The van der Waals surface area contributed by atoms with Gasteiger partial charge in [0.25, 0.3) is 0 Å². The van der Waals surface area contributed by atoms with E-state index in [0.717, 1.165) is 6.07 Å². The number of carbonyl (C=O) groups is 2. The lowest BCUT2D eigenvalue weighted by atomic mass is 10.1. The molecule has 1 amide bonds. The molecule has 1 aromatic rings. The molecule has 19 heavy (non-hydrogen) atoms. The lowest BCUT2D eigenvalue weighted by molar-refractivity contribution is -0.137. The zero-order valence-corrected chi connectivity index (χ0v) is 9.75. The van der Waals surface area contributed by atoms with Crippen molar-refractivity contribution in [2.24, 2.45) is 0 Å². The first-order valence-electron chi connectivity index (χ1n) is 4.99. The number of aromatic carboxylic acids is 1. The Balaban J connectivity index is 3.16. The van der Waals surface area contributed by atoms with Crippen LogP contribution >= 0.6 is 0 Å². The third-order valence-electron chi connectivity index (χ3n) is 2.13. The van der Waals surface area contributed by atoms with Gasteiger partial charge < -0.3 is 15.2 Å². The van der Waals surface area contributed by atoms with Crippen LogP contribution in [0.2, 0.25) is 0 Å². The molecule has 0 saturated heterocycles. The van der Waals surface area contributed by atoms with Crippen LogP contribution in [0.5, 0.6) is 0 Å². The number of halogens is 3. The molecule has 0 aliphatic heterocycles. The van der Waals surface area contributed by atoms with Crippen molar-refractivity contribution in [3.05, 3.63) is 29.3 Å². The van der Waals surface area contributed by atoms with E-state index in [1.165, 1.54) is 7.11 Å². The van der Waals surface area contributed by atoms with Gasteiger partial charge in [0, 0.05) is 7.11 Å². The van der Waals surface area contributed by atoms with Gasteiger partial charge in [0.05, 0.1) is 16.8 Å². The summed E-state index contributed by atoms with van der Waals surface area (Å²) in [6.45, 7) is -0.394. The summed E-state index contributed by atoms with van der Waals surface area (Å²) in [6, 6.07) is 1.99. The molecule has 2 N–H and O–H groups in total. The molecule has 0 aliphatic carbocycles. The van der Waals surface area contributed by atoms with Crippen molar-refractivity contribution in [2.45, 2.75) is 6.18 Å².